The molecule has 2 atom stereocenters. The second kappa shape index (κ2) is 5.39. The lowest BCUT2D eigenvalue weighted by molar-refractivity contribution is 0.173. The van der Waals surface area contributed by atoms with Crippen LogP contribution in [0.3, 0.4) is 0 Å². The second-order valence-corrected chi connectivity index (χ2v) is 5.61. The Labute approximate surface area is 114 Å². The highest BCUT2D eigenvalue weighted by molar-refractivity contribution is 5.44. The highest BCUT2D eigenvalue weighted by Gasteiger charge is 2.21. The predicted octanol–water partition coefficient (Wildman–Crippen LogP) is 1.99. The topological polar surface area (TPSA) is 33.7 Å². The summed E-state index contributed by atoms with van der Waals surface area (Å²) in [7, 11) is 0. The van der Waals surface area contributed by atoms with Crippen molar-refractivity contribution < 1.29 is 9.47 Å². The minimum absolute atomic E-state index is 0.348. The van der Waals surface area contributed by atoms with Crippen molar-refractivity contribution in [3.8, 4) is 11.5 Å². The largest absolute Gasteiger partial charge is 0.454 e. The van der Waals surface area contributed by atoms with Gasteiger partial charge in [0, 0.05) is 31.7 Å². The van der Waals surface area contributed by atoms with Crippen LogP contribution in [0.2, 0.25) is 0 Å². The van der Waals surface area contributed by atoms with E-state index in [1.807, 2.05) is 6.07 Å². The Hall–Kier alpha value is -1.26. The van der Waals surface area contributed by atoms with Crippen molar-refractivity contribution in [2.75, 3.05) is 19.9 Å². The molecule has 1 aromatic rings. The average Bonchev–Trinajstić information content (AvgIpc) is 2.81. The summed E-state index contributed by atoms with van der Waals surface area (Å²) in [6, 6.07) is 7.44. The fourth-order valence-electron chi connectivity index (χ4n) is 2.69. The minimum atomic E-state index is 0.348. The van der Waals surface area contributed by atoms with Crippen molar-refractivity contribution in [1.82, 2.24) is 10.2 Å². The number of nitrogens with one attached hydrogen (secondary N) is 1. The van der Waals surface area contributed by atoms with Gasteiger partial charge in [0.15, 0.2) is 11.5 Å². The third-order valence-corrected chi connectivity index (χ3v) is 4.06. The van der Waals surface area contributed by atoms with E-state index in [0.717, 1.165) is 31.1 Å². The van der Waals surface area contributed by atoms with Crippen LogP contribution in [-0.2, 0) is 6.54 Å². The first-order valence-corrected chi connectivity index (χ1v) is 7.08. The van der Waals surface area contributed by atoms with E-state index in [9.17, 15) is 0 Å². The Kier molecular flexibility index (Phi) is 3.62. The van der Waals surface area contributed by atoms with E-state index in [2.05, 4.69) is 36.2 Å². The van der Waals surface area contributed by atoms with Crippen LogP contribution >= 0.6 is 0 Å². The molecule has 1 aromatic carbocycles. The van der Waals surface area contributed by atoms with Gasteiger partial charge in [-0.2, -0.15) is 0 Å². The van der Waals surface area contributed by atoms with Gasteiger partial charge in [0.05, 0.1) is 0 Å². The summed E-state index contributed by atoms with van der Waals surface area (Å²) in [6.07, 6.45) is 1.20. The van der Waals surface area contributed by atoms with Gasteiger partial charge in [-0.3, -0.25) is 4.90 Å². The second-order valence-electron chi connectivity index (χ2n) is 5.61. The number of ether oxygens (including phenoxy) is 2. The number of hydrogen-bond donors (Lipinski definition) is 1. The first-order valence-electron chi connectivity index (χ1n) is 7.08. The summed E-state index contributed by atoms with van der Waals surface area (Å²) >= 11 is 0. The highest BCUT2D eigenvalue weighted by atomic mass is 16.7. The smallest absolute Gasteiger partial charge is 0.231 e. The van der Waals surface area contributed by atoms with Crippen LogP contribution in [0.1, 0.15) is 25.8 Å². The summed E-state index contributed by atoms with van der Waals surface area (Å²) in [6.45, 7) is 8.08. The average molecular weight is 262 g/mol. The Morgan fingerprint density at radius 1 is 1.26 bits per heavy atom. The zero-order chi connectivity index (χ0) is 13.2. The Morgan fingerprint density at radius 2 is 2.11 bits per heavy atom. The molecule has 3 rings (SSSR count). The molecule has 104 valence electrons. The van der Waals surface area contributed by atoms with Crippen molar-refractivity contribution in [2.45, 2.75) is 38.9 Å². The molecule has 0 aliphatic carbocycles. The first kappa shape index (κ1) is 12.8. The number of nitrogens with zero attached hydrogens (tertiary/aromatic N) is 1. The lowest BCUT2D eigenvalue weighted by Gasteiger charge is -2.26. The molecule has 4 nitrogen and oxygen atoms in total. The van der Waals surface area contributed by atoms with Crippen LogP contribution in [0.25, 0.3) is 0 Å². The third kappa shape index (κ3) is 2.85. The molecule has 1 fully saturated rings. The molecule has 1 saturated heterocycles. The molecule has 2 aliphatic rings. The van der Waals surface area contributed by atoms with Crippen LogP contribution in [0.4, 0.5) is 0 Å². The summed E-state index contributed by atoms with van der Waals surface area (Å²) in [5.74, 6) is 1.74. The molecule has 1 N–H and O–H groups in total. The molecule has 4 heteroatoms. The van der Waals surface area contributed by atoms with Crippen molar-refractivity contribution in [1.29, 1.82) is 0 Å². The highest BCUT2D eigenvalue weighted by Crippen LogP contribution is 2.33. The normalized spacial score (nSPS) is 27.3. The van der Waals surface area contributed by atoms with E-state index in [0.29, 0.717) is 18.9 Å². The molecule has 0 radical (unpaired) electrons. The molecular formula is C15H22N2O2. The molecule has 0 saturated carbocycles. The van der Waals surface area contributed by atoms with Gasteiger partial charge in [0.2, 0.25) is 6.79 Å². The van der Waals surface area contributed by atoms with Crippen molar-refractivity contribution in [2.24, 2.45) is 0 Å². The Balaban J connectivity index is 1.70. The van der Waals surface area contributed by atoms with Crippen LogP contribution in [0.5, 0.6) is 11.5 Å². The molecule has 2 heterocycles. The molecule has 0 amide bonds. The van der Waals surface area contributed by atoms with E-state index in [4.69, 9.17) is 9.47 Å². The summed E-state index contributed by atoms with van der Waals surface area (Å²) < 4.78 is 10.8. The molecule has 0 bridgehead atoms. The zero-order valence-corrected chi connectivity index (χ0v) is 11.7. The molecule has 19 heavy (non-hydrogen) atoms. The van der Waals surface area contributed by atoms with Gasteiger partial charge < -0.3 is 14.8 Å². The summed E-state index contributed by atoms with van der Waals surface area (Å²) in [5.41, 5.74) is 1.30. The fourth-order valence-corrected chi connectivity index (χ4v) is 2.69. The lowest BCUT2D eigenvalue weighted by Crippen LogP contribution is -2.37. The van der Waals surface area contributed by atoms with Gasteiger partial charge >= 0.3 is 0 Å². The zero-order valence-electron chi connectivity index (χ0n) is 11.7. The van der Waals surface area contributed by atoms with Gasteiger partial charge in [-0.15, -0.1) is 0 Å². The van der Waals surface area contributed by atoms with Crippen molar-refractivity contribution in [3.63, 3.8) is 0 Å². The SMILES string of the molecule is CC1CCN(Cc2ccc3c(c2)OCO3)C(C)CN1. The summed E-state index contributed by atoms with van der Waals surface area (Å²) in [5, 5.41) is 3.57. The van der Waals surface area contributed by atoms with Gasteiger partial charge in [-0.05, 0) is 38.0 Å². The number of benzene rings is 1. The van der Waals surface area contributed by atoms with E-state index >= 15 is 0 Å². The Morgan fingerprint density at radius 3 is 3.00 bits per heavy atom. The molecule has 2 aliphatic heterocycles. The van der Waals surface area contributed by atoms with E-state index in [1.54, 1.807) is 0 Å². The van der Waals surface area contributed by atoms with Gasteiger partial charge in [-0.1, -0.05) is 6.07 Å². The van der Waals surface area contributed by atoms with E-state index in [1.165, 1.54) is 12.0 Å². The van der Waals surface area contributed by atoms with Gasteiger partial charge in [-0.25, -0.2) is 0 Å². The quantitative estimate of drug-likeness (QED) is 0.884. The van der Waals surface area contributed by atoms with Gasteiger partial charge in [0.1, 0.15) is 0 Å². The van der Waals surface area contributed by atoms with Crippen LogP contribution in [-0.4, -0.2) is 36.9 Å². The summed E-state index contributed by atoms with van der Waals surface area (Å²) in [4.78, 5) is 2.54. The number of fused-ring (bicyclic) bond motifs is 1. The van der Waals surface area contributed by atoms with Crippen LogP contribution < -0.4 is 14.8 Å². The number of hydrogen-bond acceptors (Lipinski definition) is 4. The molecule has 0 spiro atoms. The van der Waals surface area contributed by atoms with Crippen LogP contribution in [0, 0.1) is 0 Å². The lowest BCUT2D eigenvalue weighted by atomic mass is 10.1. The maximum absolute atomic E-state index is 5.44. The van der Waals surface area contributed by atoms with E-state index in [-0.39, 0.29) is 0 Å². The van der Waals surface area contributed by atoms with Crippen LogP contribution in [0.15, 0.2) is 18.2 Å². The first-order chi connectivity index (χ1) is 9.22. The molecule has 0 aromatic heterocycles. The molecule has 2 unspecified atom stereocenters. The monoisotopic (exact) mass is 262 g/mol. The van der Waals surface area contributed by atoms with E-state index < -0.39 is 0 Å². The maximum Gasteiger partial charge on any atom is 0.231 e. The van der Waals surface area contributed by atoms with Crippen molar-refractivity contribution in [3.05, 3.63) is 23.8 Å². The standard InChI is InChI=1S/C15H22N2O2/c1-11-5-6-17(12(2)8-16-11)9-13-3-4-14-15(7-13)19-10-18-14/h3-4,7,11-12,16H,5-6,8-10H2,1-2H3. The predicted molar refractivity (Wildman–Crippen MR) is 74.5 cm³/mol. The fraction of sp³-hybridized carbons (Fsp3) is 0.600. The van der Waals surface area contributed by atoms with Crippen molar-refractivity contribution >= 4 is 0 Å². The number of rotatable bonds is 2. The Bertz CT molecular complexity index is 450. The third-order valence-electron chi connectivity index (χ3n) is 4.06. The maximum atomic E-state index is 5.44. The van der Waals surface area contributed by atoms with Gasteiger partial charge in [0.25, 0.3) is 0 Å². The molecular weight excluding hydrogens is 240 g/mol. The minimum Gasteiger partial charge on any atom is -0.454 e.